The summed E-state index contributed by atoms with van der Waals surface area (Å²) in [7, 11) is 0. The zero-order valence-electron chi connectivity index (χ0n) is 15.1. The van der Waals surface area contributed by atoms with Crippen LogP contribution >= 0.6 is 0 Å². The van der Waals surface area contributed by atoms with Crippen LogP contribution in [0.5, 0.6) is 0 Å². The van der Waals surface area contributed by atoms with Crippen molar-refractivity contribution in [1.82, 2.24) is 0 Å². The van der Waals surface area contributed by atoms with Crippen molar-refractivity contribution in [3.05, 3.63) is 71.8 Å². The summed E-state index contributed by atoms with van der Waals surface area (Å²) in [5.74, 6) is -0.879. The summed E-state index contributed by atoms with van der Waals surface area (Å²) in [6, 6.07) is 18.8. The molecule has 0 spiro atoms. The molecule has 0 saturated carbocycles. The van der Waals surface area contributed by atoms with E-state index in [4.69, 9.17) is 5.11 Å². The fourth-order valence-corrected chi connectivity index (χ4v) is 2.56. The first-order chi connectivity index (χ1) is 12.6. The second-order valence-corrected chi connectivity index (χ2v) is 6.21. The lowest BCUT2D eigenvalue weighted by Gasteiger charge is -2.02. The molecule has 2 aromatic carbocycles. The molecule has 142 valence electrons. The topological polar surface area (TPSA) is 37.3 Å². The van der Waals surface area contributed by atoms with Gasteiger partial charge in [-0.1, -0.05) is 74.2 Å². The predicted octanol–water partition coefficient (Wildman–Crippen LogP) is 6.61. The average Bonchev–Trinajstić information content (AvgIpc) is 2.66. The second-order valence-electron chi connectivity index (χ2n) is 6.21. The van der Waals surface area contributed by atoms with Crippen molar-refractivity contribution in [3.63, 3.8) is 0 Å². The predicted molar refractivity (Wildman–Crippen MR) is 102 cm³/mol. The van der Waals surface area contributed by atoms with E-state index in [9.17, 15) is 13.6 Å². The van der Waals surface area contributed by atoms with E-state index in [2.05, 4.69) is 24.3 Å². The van der Waals surface area contributed by atoms with Crippen LogP contribution in [0.2, 0.25) is 0 Å². The highest BCUT2D eigenvalue weighted by Crippen LogP contribution is 2.12. The molecule has 4 heteroatoms. The van der Waals surface area contributed by atoms with E-state index in [0.29, 0.717) is 12.0 Å². The maximum atomic E-state index is 11.9. The van der Waals surface area contributed by atoms with E-state index < -0.39 is 12.4 Å². The molecule has 2 nitrogen and oxygen atoms in total. The summed E-state index contributed by atoms with van der Waals surface area (Å²) in [5.41, 5.74) is 1.72. The van der Waals surface area contributed by atoms with Gasteiger partial charge in [0, 0.05) is 6.42 Å². The minimum Gasteiger partial charge on any atom is -0.478 e. The zero-order valence-corrected chi connectivity index (χ0v) is 15.1. The first-order valence-electron chi connectivity index (χ1n) is 9.20. The lowest BCUT2D eigenvalue weighted by molar-refractivity contribution is 0.0697. The number of rotatable bonds is 10. The van der Waals surface area contributed by atoms with Gasteiger partial charge < -0.3 is 5.11 Å². The molecular formula is C22H28F2O2. The summed E-state index contributed by atoms with van der Waals surface area (Å²) in [6.45, 7) is 0. The van der Waals surface area contributed by atoms with Crippen LogP contribution in [0.15, 0.2) is 60.7 Å². The molecule has 0 unspecified atom stereocenters. The summed E-state index contributed by atoms with van der Waals surface area (Å²) in [4.78, 5) is 10.2. The van der Waals surface area contributed by atoms with Gasteiger partial charge in [-0.15, -0.1) is 0 Å². The van der Waals surface area contributed by atoms with Crippen molar-refractivity contribution in [2.24, 2.45) is 0 Å². The molecule has 2 rings (SSSR count). The number of carboxylic acids is 1. The smallest absolute Gasteiger partial charge is 0.335 e. The third kappa shape index (κ3) is 11.3. The fourth-order valence-electron chi connectivity index (χ4n) is 2.56. The summed E-state index contributed by atoms with van der Waals surface area (Å²) >= 11 is 0. The van der Waals surface area contributed by atoms with Crippen molar-refractivity contribution in [2.75, 3.05) is 0 Å². The number of unbranched alkanes of at least 4 members (excludes halogenated alkanes) is 5. The molecule has 0 aliphatic heterocycles. The molecule has 0 aromatic heterocycles. The van der Waals surface area contributed by atoms with Gasteiger partial charge in [-0.25, -0.2) is 13.6 Å². The number of hydrogen-bond acceptors (Lipinski definition) is 1. The Kier molecular flexibility index (Phi) is 11.7. The van der Waals surface area contributed by atoms with Gasteiger partial charge >= 0.3 is 5.97 Å². The van der Waals surface area contributed by atoms with Crippen molar-refractivity contribution in [1.29, 1.82) is 0 Å². The number of carboxylic acid groups (broad SMARTS) is 1. The van der Waals surface area contributed by atoms with Crippen molar-refractivity contribution >= 4 is 5.97 Å². The Labute approximate surface area is 154 Å². The Hall–Kier alpha value is -2.23. The van der Waals surface area contributed by atoms with E-state index in [1.807, 2.05) is 6.07 Å². The number of alkyl halides is 2. The van der Waals surface area contributed by atoms with Crippen molar-refractivity contribution < 1.29 is 18.7 Å². The van der Waals surface area contributed by atoms with E-state index in [1.165, 1.54) is 24.8 Å². The highest BCUT2D eigenvalue weighted by atomic mass is 19.3. The van der Waals surface area contributed by atoms with Crippen LogP contribution in [0.3, 0.4) is 0 Å². The van der Waals surface area contributed by atoms with E-state index in [0.717, 1.165) is 19.3 Å². The van der Waals surface area contributed by atoms with Gasteiger partial charge in [0.15, 0.2) is 0 Å². The lowest BCUT2D eigenvalue weighted by Crippen LogP contribution is -1.93. The molecule has 0 aliphatic rings. The quantitative estimate of drug-likeness (QED) is 0.483. The van der Waals surface area contributed by atoms with Gasteiger partial charge in [0.1, 0.15) is 0 Å². The van der Waals surface area contributed by atoms with Gasteiger partial charge in [-0.2, -0.15) is 0 Å². The molecular weight excluding hydrogens is 334 g/mol. The minimum atomic E-state index is -2.12. The third-order valence-electron chi connectivity index (χ3n) is 4.00. The SMILES string of the molecule is FC(F)CCCCCCCCc1ccccc1.O=C(O)c1ccccc1. The molecule has 0 heterocycles. The highest BCUT2D eigenvalue weighted by molar-refractivity contribution is 5.87. The molecule has 0 fully saturated rings. The number of carbonyl (C=O) groups is 1. The van der Waals surface area contributed by atoms with Crippen LogP contribution < -0.4 is 0 Å². The van der Waals surface area contributed by atoms with E-state index >= 15 is 0 Å². The van der Waals surface area contributed by atoms with Crippen LogP contribution in [0.4, 0.5) is 8.78 Å². The zero-order chi connectivity index (χ0) is 19.0. The fraction of sp³-hybridized carbons (Fsp3) is 0.409. The Morgan fingerprint density at radius 2 is 1.27 bits per heavy atom. The van der Waals surface area contributed by atoms with Gasteiger partial charge in [0.05, 0.1) is 5.56 Å². The number of aryl methyl sites for hydroxylation is 1. The Bertz CT molecular complexity index is 586. The first kappa shape index (κ1) is 21.8. The standard InChI is InChI=1S/C15H22F2.C7H6O2/c16-15(17)13-9-4-2-1-3-6-10-14-11-7-5-8-12-14;8-7(9)6-4-2-1-3-5-6/h5,7-8,11-12,15H,1-4,6,9-10,13H2;1-5H,(H,8,9). The van der Waals surface area contributed by atoms with Crippen LogP contribution in [-0.2, 0) is 6.42 Å². The van der Waals surface area contributed by atoms with Crippen LogP contribution in [0.25, 0.3) is 0 Å². The first-order valence-corrected chi connectivity index (χ1v) is 9.20. The average molecular weight is 362 g/mol. The van der Waals surface area contributed by atoms with Gasteiger partial charge in [0.25, 0.3) is 0 Å². The molecule has 2 aromatic rings. The second kappa shape index (κ2) is 14.0. The largest absolute Gasteiger partial charge is 0.478 e. The molecule has 0 bridgehead atoms. The molecule has 0 radical (unpaired) electrons. The maximum Gasteiger partial charge on any atom is 0.335 e. The molecule has 1 N–H and O–H groups in total. The van der Waals surface area contributed by atoms with Crippen molar-refractivity contribution in [3.8, 4) is 0 Å². The number of halogens is 2. The summed E-state index contributed by atoms with van der Waals surface area (Å²) in [5, 5.41) is 8.38. The number of benzene rings is 2. The Morgan fingerprint density at radius 1 is 0.769 bits per heavy atom. The van der Waals surface area contributed by atoms with Crippen LogP contribution in [0.1, 0.15) is 60.9 Å². The minimum absolute atomic E-state index is 0.0734. The van der Waals surface area contributed by atoms with Gasteiger partial charge in [-0.3, -0.25) is 0 Å². The van der Waals surface area contributed by atoms with E-state index in [-0.39, 0.29) is 6.42 Å². The summed E-state index contributed by atoms with van der Waals surface area (Å²) < 4.78 is 23.7. The molecule has 0 saturated heterocycles. The number of hydrogen-bond donors (Lipinski definition) is 1. The van der Waals surface area contributed by atoms with E-state index in [1.54, 1.807) is 30.3 Å². The number of aromatic carboxylic acids is 1. The summed E-state index contributed by atoms with van der Waals surface area (Å²) in [6.07, 6.45) is 5.42. The maximum absolute atomic E-state index is 11.9. The Balaban J connectivity index is 0.000000314. The monoisotopic (exact) mass is 362 g/mol. The van der Waals surface area contributed by atoms with Crippen LogP contribution in [-0.4, -0.2) is 17.5 Å². The molecule has 0 amide bonds. The Morgan fingerprint density at radius 3 is 1.77 bits per heavy atom. The van der Waals surface area contributed by atoms with Gasteiger partial charge in [0.2, 0.25) is 6.43 Å². The molecule has 26 heavy (non-hydrogen) atoms. The normalized spacial score (nSPS) is 10.3. The van der Waals surface area contributed by atoms with Crippen LogP contribution in [0, 0.1) is 0 Å². The molecule has 0 atom stereocenters. The lowest BCUT2D eigenvalue weighted by atomic mass is 10.0. The van der Waals surface area contributed by atoms with Gasteiger partial charge in [-0.05, 0) is 37.0 Å². The third-order valence-corrected chi connectivity index (χ3v) is 4.00. The highest BCUT2D eigenvalue weighted by Gasteiger charge is 2.00. The van der Waals surface area contributed by atoms with Crippen molar-refractivity contribution in [2.45, 2.75) is 57.8 Å². The molecule has 0 aliphatic carbocycles.